The first-order chi connectivity index (χ1) is 14.1. The highest BCUT2D eigenvalue weighted by molar-refractivity contribution is 6.31. The first-order valence-electron chi connectivity index (χ1n) is 10.5. The average Bonchev–Trinajstić information content (AvgIpc) is 3.19. The lowest BCUT2D eigenvalue weighted by atomic mass is 9.84. The maximum absolute atomic E-state index is 13.4. The van der Waals surface area contributed by atoms with Crippen molar-refractivity contribution >= 4 is 23.5 Å². The average molecular weight is 412 g/mol. The molecular formula is C24H26ClNO3. The smallest absolute Gasteiger partial charge is 0.326 e. The second kappa shape index (κ2) is 8.58. The van der Waals surface area contributed by atoms with Crippen molar-refractivity contribution in [1.82, 2.24) is 4.90 Å². The number of hydrogen-bond donors (Lipinski definition) is 1. The molecule has 1 saturated heterocycles. The van der Waals surface area contributed by atoms with Crippen molar-refractivity contribution in [3.63, 3.8) is 0 Å². The molecule has 152 valence electrons. The van der Waals surface area contributed by atoms with Crippen LogP contribution in [0.25, 0.3) is 0 Å². The van der Waals surface area contributed by atoms with Gasteiger partial charge in [0.25, 0.3) is 5.91 Å². The Kier molecular flexibility index (Phi) is 5.91. The summed E-state index contributed by atoms with van der Waals surface area (Å²) in [7, 11) is 0. The number of carbonyl (C=O) groups is 2. The van der Waals surface area contributed by atoms with Crippen molar-refractivity contribution in [1.29, 1.82) is 0 Å². The van der Waals surface area contributed by atoms with Gasteiger partial charge < -0.3 is 10.0 Å². The van der Waals surface area contributed by atoms with E-state index >= 15 is 0 Å². The van der Waals surface area contributed by atoms with Crippen LogP contribution in [0.15, 0.2) is 48.5 Å². The zero-order chi connectivity index (χ0) is 20.4. The monoisotopic (exact) mass is 411 g/mol. The lowest BCUT2D eigenvalue weighted by Gasteiger charge is -2.29. The molecule has 1 amide bonds. The third kappa shape index (κ3) is 4.04. The van der Waals surface area contributed by atoms with Gasteiger partial charge in [0.05, 0.1) is 6.04 Å². The SMILES string of the molecule is O=C(O)[C@@H]1CC[C@H](c2ccccc2Cl)N1C(=O)c1ccc(C2CCCCC2)cc1. The number of carboxylic acids is 1. The van der Waals surface area contributed by atoms with Gasteiger partial charge in [-0.1, -0.05) is 61.2 Å². The Morgan fingerprint density at radius 1 is 0.897 bits per heavy atom. The number of carboxylic acid groups (broad SMARTS) is 1. The zero-order valence-electron chi connectivity index (χ0n) is 16.4. The molecular weight excluding hydrogens is 386 g/mol. The van der Waals surface area contributed by atoms with Crippen LogP contribution in [-0.4, -0.2) is 27.9 Å². The molecule has 0 aromatic heterocycles. The summed E-state index contributed by atoms with van der Waals surface area (Å²) in [6, 6.07) is 14.0. The molecule has 1 aliphatic heterocycles. The fraction of sp³-hybridized carbons (Fsp3) is 0.417. The number of carbonyl (C=O) groups excluding carboxylic acids is 1. The van der Waals surface area contributed by atoms with Crippen molar-refractivity contribution in [2.24, 2.45) is 0 Å². The van der Waals surface area contributed by atoms with Crippen molar-refractivity contribution in [2.45, 2.75) is 62.9 Å². The van der Waals surface area contributed by atoms with Gasteiger partial charge >= 0.3 is 5.97 Å². The molecule has 1 heterocycles. The molecule has 1 aliphatic carbocycles. The molecule has 1 N–H and O–H groups in total. The summed E-state index contributed by atoms with van der Waals surface area (Å²) in [4.78, 5) is 26.7. The minimum Gasteiger partial charge on any atom is -0.480 e. The lowest BCUT2D eigenvalue weighted by molar-refractivity contribution is -0.141. The quantitative estimate of drug-likeness (QED) is 0.689. The highest BCUT2D eigenvalue weighted by Gasteiger charge is 2.42. The van der Waals surface area contributed by atoms with Crippen LogP contribution in [-0.2, 0) is 4.79 Å². The molecule has 2 aromatic rings. The molecule has 4 rings (SSSR count). The summed E-state index contributed by atoms with van der Waals surface area (Å²) in [5, 5.41) is 10.3. The molecule has 1 saturated carbocycles. The standard InChI is InChI=1S/C24H26ClNO3/c25-20-9-5-4-8-19(20)21-14-15-22(24(28)29)26(21)23(27)18-12-10-17(11-13-18)16-6-2-1-3-7-16/h4-5,8-13,16,21-22H,1-3,6-7,14-15H2,(H,28,29)/t21-,22+/m1/s1. The highest BCUT2D eigenvalue weighted by Crippen LogP contribution is 2.40. The Balaban J connectivity index is 1.61. The second-order valence-corrected chi connectivity index (χ2v) is 8.55. The van der Waals surface area contributed by atoms with E-state index < -0.39 is 12.0 Å². The molecule has 5 heteroatoms. The summed E-state index contributed by atoms with van der Waals surface area (Å²) in [5.41, 5.74) is 2.62. The van der Waals surface area contributed by atoms with Gasteiger partial charge in [-0.05, 0) is 60.9 Å². The molecule has 2 fully saturated rings. The number of amides is 1. The van der Waals surface area contributed by atoms with Crippen LogP contribution in [0.2, 0.25) is 5.02 Å². The zero-order valence-corrected chi connectivity index (χ0v) is 17.1. The summed E-state index contributed by atoms with van der Waals surface area (Å²) in [6.45, 7) is 0. The minimum absolute atomic E-state index is 0.241. The number of benzene rings is 2. The van der Waals surface area contributed by atoms with E-state index in [4.69, 9.17) is 11.6 Å². The number of aliphatic carboxylic acids is 1. The van der Waals surface area contributed by atoms with Gasteiger partial charge in [0, 0.05) is 10.6 Å². The molecule has 0 unspecified atom stereocenters. The minimum atomic E-state index is -0.966. The van der Waals surface area contributed by atoms with E-state index in [1.54, 1.807) is 6.07 Å². The fourth-order valence-electron chi connectivity index (χ4n) is 4.87. The number of halogens is 1. The number of likely N-dealkylation sites (tertiary alicyclic amines) is 1. The topological polar surface area (TPSA) is 57.6 Å². The predicted molar refractivity (Wildman–Crippen MR) is 113 cm³/mol. The number of rotatable bonds is 4. The Morgan fingerprint density at radius 3 is 2.24 bits per heavy atom. The highest BCUT2D eigenvalue weighted by atomic mass is 35.5. The molecule has 29 heavy (non-hydrogen) atoms. The summed E-state index contributed by atoms with van der Waals surface area (Å²) >= 11 is 6.37. The Labute approximate surface area is 176 Å². The van der Waals surface area contributed by atoms with E-state index in [1.165, 1.54) is 42.6 Å². The Morgan fingerprint density at radius 2 is 1.59 bits per heavy atom. The predicted octanol–water partition coefficient (Wildman–Crippen LogP) is 5.82. The van der Waals surface area contributed by atoms with Gasteiger partial charge in [0.2, 0.25) is 0 Å². The maximum atomic E-state index is 13.4. The molecule has 0 spiro atoms. The summed E-state index contributed by atoms with van der Waals surface area (Å²) in [5.74, 6) is -0.635. The number of nitrogens with zero attached hydrogens (tertiary/aromatic N) is 1. The molecule has 2 atom stereocenters. The van der Waals surface area contributed by atoms with E-state index in [1.807, 2.05) is 42.5 Å². The first kappa shape index (κ1) is 20.0. The van der Waals surface area contributed by atoms with Crippen LogP contribution in [0.1, 0.15) is 78.4 Å². The van der Waals surface area contributed by atoms with Crippen LogP contribution in [0, 0.1) is 0 Å². The van der Waals surface area contributed by atoms with Gasteiger partial charge in [0.15, 0.2) is 0 Å². The molecule has 2 aromatic carbocycles. The van der Waals surface area contributed by atoms with Crippen LogP contribution < -0.4 is 0 Å². The molecule has 0 bridgehead atoms. The van der Waals surface area contributed by atoms with Crippen molar-refractivity contribution in [2.75, 3.05) is 0 Å². The van der Waals surface area contributed by atoms with Gasteiger partial charge in [-0.3, -0.25) is 4.79 Å². The summed E-state index contributed by atoms with van der Waals surface area (Å²) < 4.78 is 0. The Bertz CT molecular complexity index is 889. The normalized spacial score (nSPS) is 22.6. The van der Waals surface area contributed by atoms with Crippen molar-refractivity contribution in [3.8, 4) is 0 Å². The van der Waals surface area contributed by atoms with Crippen molar-refractivity contribution in [3.05, 3.63) is 70.2 Å². The van der Waals surface area contributed by atoms with Gasteiger partial charge in [0.1, 0.15) is 6.04 Å². The third-order valence-electron chi connectivity index (χ3n) is 6.40. The van der Waals surface area contributed by atoms with E-state index in [0.29, 0.717) is 29.3 Å². The van der Waals surface area contributed by atoms with Crippen LogP contribution in [0.3, 0.4) is 0 Å². The van der Waals surface area contributed by atoms with Crippen LogP contribution in [0.4, 0.5) is 0 Å². The fourth-order valence-corrected chi connectivity index (χ4v) is 5.13. The Hall–Kier alpha value is -2.33. The number of hydrogen-bond acceptors (Lipinski definition) is 2. The lowest BCUT2D eigenvalue weighted by Crippen LogP contribution is -2.41. The van der Waals surface area contributed by atoms with Gasteiger partial charge in [-0.25, -0.2) is 4.79 Å². The third-order valence-corrected chi connectivity index (χ3v) is 6.75. The molecule has 2 aliphatic rings. The second-order valence-electron chi connectivity index (χ2n) is 8.14. The maximum Gasteiger partial charge on any atom is 0.326 e. The largest absolute Gasteiger partial charge is 0.480 e. The van der Waals surface area contributed by atoms with Crippen LogP contribution in [0.5, 0.6) is 0 Å². The van der Waals surface area contributed by atoms with E-state index in [-0.39, 0.29) is 11.9 Å². The van der Waals surface area contributed by atoms with Gasteiger partial charge in [-0.15, -0.1) is 0 Å². The molecule has 4 nitrogen and oxygen atoms in total. The van der Waals surface area contributed by atoms with Crippen LogP contribution >= 0.6 is 11.6 Å². The van der Waals surface area contributed by atoms with E-state index in [9.17, 15) is 14.7 Å². The van der Waals surface area contributed by atoms with Gasteiger partial charge in [-0.2, -0.15) is 0 Å². The van der Waals surface area contributed by atoms with E-state index in [2.05, 4.69) is 0 Å². The van der Waals surface area contributed by atoms with Crippen molar-refractivity contribution < 1.29 is 14.7 Å². The molecule has 0 radical (unpaired) electrons. The van der Waals surface area contributed by atoms with E-state index in [0.717, 1.165) is 5.56 Å². The first-order valence-corrected chi connectivity index (χ1v) is 10.8. The summed E-state index contributed by atoms with van der Waals surface area (Å²) in [6.07, 6.45) is 7.26.